The van der Waals surface area contributed by atoms with Crippen LogP contribution in [-0.2, 0) is 6.54 Å². The van der Waals surface area contributed by atoms with E-state index in [9.17, 15) is 5.11 Å². The third kappa shape index (κ3) is 3.14. The molecule has 1 fully saturated rings. The molecule has 0 amide bonds. The molecule has 1 atom stereocenters. The van der Waals surface area contributed by atoms with E-state index in [1.807, 2.05) is 19.4 Å². The average Bonchev–Trinajstić information content (AvgIpc) is 2.40. The lowest BCUT2D eigenvalue weighted by Crippen LogP contribution is -2.37. The maximum absolute atomic E-state index is 9.19. The van der Waals surface area contributed by atoms with Crippen LogP contribution >= 0.6 is 0 Å². The van der Waals surface area contributed by atoms with E-state index in [1.165, 1.54) is 0 Å². The molecule has 0 bridgehead atoms. The van der Waals surface area contributed by atoms with E-state index in [4.69, 9.17) is 0 Å². The highest BCUT2D eigenvalue weighted by Gasteiger charge is 2.20. The predicted molar refractivity (Wildman–Crippen MR) is 66.8 cm³/mol. The number of piperidine rings is 1. The zero-order valence-electron chi connectivity index (χ0n) is 10.3. The molecule has 0 spiro atoms. The highest BCUT2D eigenvalue weighted by atomic mass is 16.3. The average molecular weight is 236 g/mol. The zero-order valence-corrected chi connectivity index (χ0v) is 10.3. The topological polar surface area (TPSA) is 61.3 Å². The Kier molecular flexibility index (Phi) is 4.28. The summed E-state index contributed by atoms with van der Waals surface area (Å²) in [5.74, 6) is 1.15. The summed E-state index contributed by atoms with van der Waals surface area (Å²) < 4.78 is 0. The van der Waals surface area contributed by atoms with Crippen LogP contribution in [0, 0.1) is 5.92 Å². The number of nitrogens with one attached hydrogen (secondary N) is 1. The lowest BCUT2D eigenvalue weighted by Gasteiger charge is -2.31. The second kappa shape index (κ2) is 5.93. The lowest BCUT2D eigenvalue weighted by molar-refractivity contribution is 0.208. The van der Waals surface area contributed by atoms with E-state index in [1.54, 1.807) is 0 Å². The molecule has 94 valence electrons. The van der Waals surface area contributed by atoms with E-state index in [0.717, 1.165) is 44.0 Å². The first-order valence-electron chi connectivity index (χ1n) is 6.15. The van der Waals surface area contributed by atoms with Crippen molar-refractivity contribution in [3.8, 4) is 0 Å². The third-order valence-corrected chi connectivity index (χ3v) is 3.13. The van der Waals surface area contributed by atoms with Gasteiger partial charge in [0.15, 0.2) is 0 Å². The Bertz CT molecular complexity index is 341. The van der Waals surface area contributed by atoms with Crippen LogP contribution in [0.2, 0.25) is 0 Å². The van der Waals surface area contributed by atoms with Crippen LogP contribution in [-0.4, -0.2) is 41.8 Å². The highest BCUT2D eigenvalue weighted by molar-refractivity contribution is 5.30. The van der Waals surface area contributed by atoms with E-state index < -0.39 is 0 Å². The van der Waals surface area contributed by atoms with Crippen LogP contribution in [0.15, 0.2) is 12.4 Å². The fourth-order valence-electron chi connectivity index (χ4n) is 2.20. The van der Waals surface area contributed by atoms with Crippen molar-refractivity contribution >= 4 is 5.95 Å². The molecule has 17 heavy (non-hydrogen) atoms. The van der Waals surface area contributed by atoms with Crippen molar-refractivity contribution in [1.82, 2.24) is 15.3 Å². The van der Waals surface area contributed by atoms with Crippen molar-refractivity contribution in [2.45, 2.75) is 19.4 Å². The fraction of sp³-hybridized carbons (Fsp3) is 0.667. The number of hydrogen-bond donors (Lipinski definition) is 2. The molecule has 0 radical (unpaired) electrons. The SMILES string of the molecule is CNCc1cnc(N2CCCC(CO)C2)nc1. The van der Waals surface area contributed by atoms with Crippen molar-refractivity contribution < 1.29 is 5.11 Å². The number of aromatic nitrogens is 2. The molecule has 5 nitrogen and oxygen atoms in total. The standard InChI is InChI=1S/C12H20N4O/c1-13-5-11-6-14-12(15-7-11)16-4-2-3-10(8-16)9-17/h6-7,10,13,17H,2-5,8-9H2,1H3. The number of nitrogens with zero attached hydrogens (tertiary/aromatic N) is 3. The van der Waals surface area contributed by atoms with E-state index in [0.29, 0.717) is 5.92 Å². The molecule has 1 saturated heterocycles. The van der Waals surface area contributed by atoms with Gasteiger partial charge in [-0.3, -0.25) is 0 Å². The van der Waals surface area contributed by atoms with Gasteiger partial charge in [-0.1, -0.05) is 0 Å². The minimum absolute atomic E-state index is 0.258. The van der Waals surface area contributed by atoms with Crippen LogP contribution in [0.1, 0.15) is 18.4 Å². The van der Waals surface area contributed by atoms with Gasteiger partial charge in [-0.15, -0.1) is 0 Å². The monoisotopic (exact) mass is 236 g/mol. The minimum atomic E-state index is 0.258. The quantitative estimate of drug-likeness (QED) is 0.792. The number of aliphatic hydroxyl groups excluding tert-OH is 1. The van der Waals surface area contributed by atoms with Crippen molar-refractivity contribution in [3.05, 3.63) is 18.0 Å². The molecule has 1 aromatic heterocycles. The minimum Gasteiger partial charge on any atom is -0.396 e. The van der Waals surface area contributed by atoms with Crippen molar-refractivity contribution in [2.75, 3.05) is 31.6 Å². The third-order valence-electron chi connectivity index (χ3n) is 3.13. The molecule has 2 rings (SSSR count). The van der Waals surface area contributed by atoms with Crippen LogP contribution < -0.4 is 10.2 Å². The van der Waals surface area contributed by atoms with Gasteiger partial charge in [-0.05, 0) is 25.8 Å². The summed E-state index contributed by atoms with van der Waals surface area (Å²) in [6, 6.07) is 0. The maximum Gasteiger partial charge on any atom is 0.225 e. The Morgan fingerprint density at radius 3 is 2.88 bits per heavy atom. The Morgan fingerprint density at radius 1 is 1.47 bits per heavy atom. The normalized spacial score (nSPS) is 20.6. The van der Waals surface area contributed by atoms with Crippen LogP contribution in [0.4, 0.5) is 5.95 Å². The summed E-state index contributed by atoms with van der Waals surface area (Å²) in [4.78, 5) is 10.9. The van der Waals surface area contributed by atoms with Crippen LogP contribution in [0.25, 0.3) is 0 Å². The van der Waals surface area contributed by atoms with E-state index >= 15 is 0 Å². The van der Waals surface area contributed by atoms with Gasteiger partial charge < -0.3 is 15.3 Å². The lowest BCUT2D eigenvalue weighted by atomic mass is 9.99. The molecule has 0 aromatic carbocycles. The second-order valence-corrected chi connectivity index (χ2v) is 4.56. The highest BCUT2D eigenvalue weighted by Crippen LogP contribution is 2.19. The fourth-order valence-corrected chi connectivity index (χ4v) is 2.20. The van der Waals surface area contributed by atoms with Crippen molar-refractivity contribution in [2.24, 2.45) is 5.92 Å². The number of anilines is 1. The van der Waals surface area contributed by atoms with Gasteiger partial charge in [0.1, 0.15) is 0 Å². The van der Waals surface area contributed by atoms with E-state index in [-0.39, 0.29) is 6.61 Å². The Morgan fingerprint density at radius 2 is 2.24 bits per heavy atom. The summed E-state index contributed by atoms with van der Waals surface area (Å²) in [6.07, 6.45) is 5.93. The van der Waals surface area contributed by atoms with Gasteiger partial charge >= 0.3 is 0 Å². The Hall–Kier alpha value is -1.20. The van der Waals surface area contributed by atoms with Crippen LogP contribution in [0.3, 0.4) is 0 Å². The molecule has 0 saturated carbocycles. The molecule has 1 aromatic rings. The summed E-state index contributed by atoms with van der Waals surface area (Å²) >= 11 is 0. The first-order chi connectivity index (χ1) is 8.33. The molecule has 1 aliphatic rings. The molecule has 1 aliphatic heterocycles. The maximum atomic E-state index is 9.19. The summed E-state index contributed by atoms with van der Waals surface area (Å²) in [7, 11) is 1.91. The predicted octanol–water partition coefficient (Wildman–Crippen LogP) is 0.405. The Labute approximate surface area is 102 Å². The molecule has 5 heteroatoms. The summed E-state index contributed by atoms with van der Waals surface area (Å²) in [5, 5.41) is 12.3. The summed E-state index contributed by atoms with van der Waals surface area (Å²) in [6.45, 7) is 2.90. The second-order valence-electron chi connectivity index (χ2n) is 4.56. The smallest absolute Gasteiger partial charge is 0.225 e. The summed E-state index contributed by atoms with van der Waals surface area (Å²) in [5.41, 5.74) is 1.09. The largest absolute Gasteiger partial charge is 0.396 e. The number of rotatable bonds is 4. The zero-order chi connectivity index (χ0) is 12.1. The van der Waals surface area contributed by atoms with Crippen molar-refractivity contribution in [1.29, 1.82) is 0 Å². The van der Waals surface area contributed by atoms with Gasteiger partial charge in [-0.2, -0.15) is 0 Å². The van der Waals surface area contributed by atoms with Gasteiger partial charge in [0.05, 0.1) is 0 Å². The van der Waals surface area contributed by atoms with Gasteiger partial charge in [-0.25, -0.2) is 9.97 Å². The first kappa shape index (κ1) is 12.3. The molecular weight excluding hydrogens is 216 g/mol. The molecule has 0 aliphatic carbocycles. The Balaban J connectivity index is 2.01. The molecule has 2 heterocycles. The first-order valence-corrected chi connectivity index (χ1v) is 6.15. The van der Waals surface area contributed by atoms with E-state index in [2.05, 4.69) is 20.2 Å². The van der Waals surface area contributed by atoms with Crippen LogP contribution in [0.5, 0.6) is 0 Å². The van der Waals surface area contributed by atoms with Gasteiger partial charge in [0.25, 0.3) is 0 Å². The molecular formula is C12H20N4O. The molecule has 1 unspecified atom stereocenters. The molecule has 2 N–H and O–H groups in total. The van der Waals surface area contributed by atoms with Gasteiger partial charge in [0, 0.05) is 44.2 Å². The number of hydrogen-bond acceptors (Lipinski definition) is 5. The van der Waals surface area contributed by atoms with Gasteiger partial charge in [0.2, 0.25) is 5.95 Å². The van der Waals surface area contributed by atoms with Crippen molar-refractivity contribution in [3.63, 3.8) is 0 Å². The number of aliphatic hydroxyl groups is 1.